The van der Waals surface area contributed by atoms with E-state index >= 15 is 0 Å². The van der Waals surface area contributed by atoms with Crippen molar-refractivity contribution in [3.8, 4) is 5.75 Å². The number of nitrogens with one attached hydrogen (secondary N) is 1. The molecule has 0 aliphatic heterocycles. The third-order valence-electron chi connectivity index (χ3n) is 2.95. The van der Waals surface area contributed by atoms with Crippen LogP contribution in [0.4, 0.5) is 0 Å². The van der Waals surface area contributed by atoms with E-state index in [0.717, 1.165) is 25.1 Å². The van der Waals surface area contributed by atoms with Crippen molar-refractivity contribution in [3.05, 3.63) is 29.8 Å². The molecule has 0 radical (unpaired) electrons. The highest BCUT2D eigenvalue weighted by molar-refractivity contribution is 5.77. The standard InChI is InChI=1S/C15H24N2O2/c1-4-16-15(18)12-17(2)11-5-6-13-7-9-14(19-3)10-8-13/h7-10H,4-6,11-12H2,1-3H3,(H,16,18). The first-order valence-corrected chi connectivity index (χ1v) is 6.74. The molecule has 0 fully saturated rings. The maximum atomic E-state index is 11.4. The Bertz CT molecular complexity index is 376. The minimum absolute atomic E-state index is 0.0921. The Morgan fingerprint density at radius 3 is 2.58 bits per heavy atom. The van der Waals surface area contributed by atoms with E-state index in [1.54, 1.807) is 7.11 Å². The maximum Gasteiger partial charge on any atom is 0.234 e. The van der Waals surface area contributed by atoms with Crippen LogP contribution in [0.25, 0.3) is 0 Å². The number of rotatable bonds is 8. The van der Waals surface area contributed by atoms with Gasteiger partial charge in [-0.25, -0.2) is 0 Å². The van der Waals surface area contributed by atoms with Gasteiger partial charge in [0.25, 0.3) is 0 Å². The second-order valence-electron chi connectivity index (χ2n) is 4.64. The highest BCUT2D eigenvalue weighted by atomic mass is 16.5. The molecule has 1 aromatic carbocycles. The second kappa shape index (κ2) is 8.53. The molecule has 0 saturated heterocycles. The van der Waals surface area contributed by atoms with Gasteiger partial charge in [0, 0.05) is 6.54 Å². The number of methoxy groups -OCH3 is 1. The van der Waals surface area contributed by atoms with E-state index in [-0.39, 0.29) is 5.91 Å². The summed E-state index contributed by atoms with van der Waals surface area (Å²) in [7, 11) is 3.65. The smallest absolute Gasteiger partial charge is 0.234 e. The molecule has 1 aromatic rings. The third-order valence-corrected chi connectivity index (χ3v) is 2.95. The zero-order valence-electron chi connectivity index (χ0n) is 12.1. The van der Waals surface area contributed by atoms with Crippen LogP contribution in [0.2, 0.25) is 0 Å². The Kier molecular flexibility index (Phi) is 6.97. The van der Waals surface area contributed by atoms with Crippen molar-refractivity contribution in [3.63, 3.8) is 0 Å². The second-order valence-corrected chi connectivity index (χ2v) is 4.64. The average Bonchev–Trinajstić information content (AvgIpc) is 2.39. The Labute approximate surface area is 115 Å². The Hall–Kier alpha value is -1.55. The Morgan fingerprint density at radius 1 is 1.32 bits per heavy atom. The summed E-state index contributed by atoms with van der Waals surface area (Å²) in [6, 6.07) is 8.13. The minimum atomic E-state index is 0.0921. The molecule has 4 heteroatoms. The van der Waals surface area contributed by atoms with Crippen LogP contribution in [0.5, 0.6) is 5.75 Å². The van der Waals surface area contributed by atoms with Crippen LogP contribution in [-0.4, -0.2) is 44.6 Å². The normalized spacial score (nSPS) is 10.5. The van der Waals surface area contributed by atoms with Crippen molar-refractivity contribution in [1.82, 2.24) is 10.2 Å². The van der Waals surface area contributed by atoms with Gasteiger partial charge >= 0.3 is 0 Å². The molecular weight excluding hydrogens is 240 g/mol. The summed E-state index contributed by atoms with van der Waals surface area (Å²) in [4.78, 5) is 13.4. The monoisotopic (exact) mass is 264 g/mol. The highest BCUT2D eigenvalue weighted by Crippen LogP contribution is 2.12. The molecule has 0 heterocycles. The molecule has 1 amide bonds. The van der Waals surface area contributed by atoms with Crippen LogP contribution in [-0.2, 0) is 11.2 Å². The van der Waals surface area contributed by atoms with Crippen molar-refractivity contribution in [1.29, 1.82) is 0 Å². The molecule has 0 bridgehead atoms. The lowest BCUT2D eigenvalue weighted by atomic mass is 10.1. The topological polar surface area (TPSA) is 41.6 Å². The number of amides is 1. The average molecular weight is 264 g/mol. The number of likely N-dealkylation sites (N-methyl/N-ethyl adjacent to an activating group) is 2. The molecule has 4 nitrogen and oxygen atoms in total. The summed E-state index contributed by atoms with van der Waals surface area (Å²) in [5.41, 5.74) is 1.30. The van der Waals surface area contributed by atoms with Crippen molar-refractivity contribution in [2.24, 2.45) is 0 Å². The van der Waals surface area contributed by atoms with Gasteiger partial charge in [0.2, 0.25) is 5.91 Å². The number of nitrogens with zero attached hydrogens (tertiary/aromatic N) is 1. The first kappa shape index (κ1) is 15.5. The van der Waals surface area contributed by atoms with Gasteiger partial charge in [-0.2, -0.15) is 0 Å². The number of aryl methyl sites for hydroxylation is 1. The lowest BCUT2D eigenvalue weighted by Crippen LogP contribution is -2.35. The fourth-order valence-electron chi connectivity index (χ4n) is 1.92. The molecule has 0 aliphatic carbocycles. The van der Waals surface area contributed by atoms with Crippen LogP contribution in [0, 0.1) is 0 Å². The number of ether oxygens (including phenoxy) is 1. The van der Waals surface area contributed by atoms with E-state index in [2.05, 4.69) is 22.3 Å². The fraction of sp³-hybridized carbons (Fsp3) is 0.533. The zero-order chi connectivity index (χ0) is 14.1. The van der Waals surface area contributed by atoms with Gasteiger partial charge in [0.15, 0.2) is 0 Å². The maximum absolute atomic E-state index is 11.4. The molecule has 106 valence electrons. The van der Waals surface area contributed by atoms with Crippen molar-refractivity contribution in [2.45, 2.75) is 19.8 Å². The lowest BCUT2D eigenvalue weighted by Gasteiger charge is -2.15. The van der Waals surface area contributed by atoms with E-state index in [1.807, 2.05) is 26.1 Å². The molecular formula is C15H24N2O2. The van der Waals surface area contributed by atoms with E-state index in [1.165, 1.54) is 5.56 Å². The quantitative estimate of drug-likeness (QED) is 0.777. The van der Waals surface area contributed by atoms with Gasteiger partial charge in [-0.3, -0.25) is 9.69 Å². The van der Waals surface area contributed by atoms with E-state index < -0.39 is 0 Å². The number of carbonyl (C=O) groups excluding carboxylic acids is 1. The van der Waals surface area contributed by atoms with Crippen LogP contribution in [0.1, 0.15) is 18.9 Å². The van der Waals surface area contributed by atoms with Crippen molar-refractivity contribution >= 4 is 5.91 Å². The lowest BCUT2D eigenvalue weighted by molar-refractivity contribution is -0.121. The summed E-state index contributed by atoms with van der Waals surface area (Å²) in [6.07, 6.45) is 2.06. The summed E-state index contributed by atoms with van der Waals surface area (Å²) >= 11 is 0. The van der Waals surface area contributed by atoms with Crippen LogP contribution in [0.15, 0.2) is 24.3 Å². The molecule has 1 rings (SSSR count). The van der Waals surface area contributed by atoms with Gasteiger partial charge < -0.3 is 10.1 Å². The number of benzene rings is 1. The molecule has 0 saturated carbocycles. The summed E-state index contributed by atoms with van der Waals surface area (Å²) < 4.78 is 5.13. The van der Waals surface area contributed by atoms with E-state index in [9.17, 15) is 4.79 Å². The summed E-state index contributed by atoms with van der Waals surface area (Å²) in [5.74, 6) is 0.978. The highest BCUT2D eigenvalue weighted by Gasteiger charge is 2.04. The van der Waals surface area contributed by atoms with Crippen LogP contribution in [0.3, 0.4) is 0 Å². The Balaban J connectivity index is 2.23. The molecule has 0 unspecified atom stereocenters. The fourth-order valence-corrected chi connectivity index (χ4v) is 1.92. The SMILES string of the molecule is CCNC(=O)CN(C)CCCc1ccc(OC)cc1. The molecule has 0 atom stereocenters. The van der Waals surface area contributed by atoms with Crippen molar-refractivity contribution < 1.29 is 9.53 Å². The predicted molar refractivity (Wildman–Crippen MR) is 77.5 cm³/mol. The van der Waals surface area contributed by atoms with Crippen LogP contribution < -0.4 is 10.1 Å². The van der Waals surface area contributed by atoms with Gasteiger partial charge in [-0.05, 0) is 51.1 Å². The largest absolute Gasteiger partial charge is 0.497 e. The van der Waals surface area contributed by atoms with E-state index in [0.29, 0.717) is 13.1 Å². The number of carbonyl (C=O) groups is 1. The summed E-state index contributed by atoms with van der Waals surface area (Å²) in [6.45, 7) is 4.01. The molecule has 0 aromatic heterocycles. The van der Waals surface area contributed by atoms with E-state index in [4.69, 9.17) is 4.74 Å². The Morgan fingerprint density at radius 2 is 2.00 bits per heavy atom. The van der Waals surface area contributed by atoms with Gasteiger partial charge in [-0.1, -0.05) is 12.1 Å². The zero-order valence-corrected chi connectivity index (χ0v) is 12.1. The van der Waals surface area contributed by atoms with Gasteiger partial charge in [0.1, 0.15) is 5.75 Å². The van der Waals surface area contributed by atoms with Gasteiger partial charge in [0.05, 0.1) is 13.7 Å². The molecule has 1 N–H and O–H groups in total. The molecule has 0 spiro atoms. The summed E-state index contributed by atoms with van der Waals surface area (Å²) in [5, 5.41) is 2.80. The van der Waals surface area contributed by atoms with Gasteiger partial charge in [-0.15, -0.1) is 0 Å². The first-order valence-electron chi connectivity index (χ1n) is 6.74. The predicted octanol–water partition coefficient (Wildman–Crippen LogP) is 1.70. The third kappa shape index (κ3) is 6.25. The van der Waals surface area contributed by atoms with Crippen LogP contribution >= 0.6 is 0 Å². The molecule has 0 aliphatic rings. The minimum Gasteiger partial charge on any atom is -0.497 e. The number of hydrogen-bond donors (Lipinski definition) is 1. The number of hydrogen-bond acceptors (Lipinski definition) is 3. The molecule has 19 heavy (non-hydrogen) atoms. The van der Waals surface area contributed by atoms with Crippen molar-refractivity contribution in [2.75, 3.05) is 33.8 Å². The first-order chi connectivity index (χ1) is 9.15.